The summed E-state index contributed by atoms with van der Waals surface area (Å²) in [6.07, 6.45) is 6.46. The number of allylic oxidation sites excluding steroid dienone is 2. The smallest absolute Gasteiger partial charge is 0.167 e. The lowest BCUT2D eigenvalue weighted by Crippen LogP contribution is -2.33. The summed E-state index contributed by atoms with van der Waals surface area (Å²) in [6, 6.07) is 4.19. The molecule has 1 aromatic carbocycles. The topological polar surface area (TPSA) is 46.5 Å². The molecule has 1 fully saturated rings. The van der Waals surface area contributed by atoms with Gasteiger partial charge in [0.2, 0.25) is 0 Å². The van der Waals surface area contributed by atoms with E-state index < -0.39 is 5.41 Å². The molecule has 0 saturated heterocycles. The molecule has 1 N–H and O–H groups in total. The van der Waals surface area contributed by atoms with Crippen LogP contribution in [-0.4, -0.2) is 23.6 Å². The first-order valence-electron chi connectivity index (χ1n) is 10.0. The first-order valence-corrected chi connectivity index (χ1v) is 10.0. The predicted molar refractivity (Wildman–Crippen MR) is 105 cm³/mol. The van der Waals surface area contributed by atoms with Gasteiger partial charge in [0.25, 0.3) is 0 Å². The normalized spacial score (nSPS) is 26.2. The molecular formula is C23H32O3. The van der Waals surface area contributed by atoms with E-state index in [-0.39, 0.29) is 11.9 Å². The average Bonchev–Trinajstić information content (AvgIpc) is 2.79. The molecule has 1 saturated carbocycles. The van der Waals surface area contributed by atoms with Gasteiger partial charge in [-0.25, -0.2) is 0 Å². The lowest BCUT2D eigenvalue weighted by molar-refractivity contribution is -0.115. The molecule has 0 unspecified atom stereocenters. The molecule has 0 heterocycles. The van der Waals surface area contributed by atoms with Crippen LogP contribution in [0.3, 0.4) is 0 Å². The number of benzene rings is 1. The molecule has 0 radical (unpaired) electrons. The summed E-state index contributed by atoms with van der Waals surface area (Å²) < 4.78 is 6.05. The van der Waals surface area contributed by atoms with Gasteiger partial charge in [0.1, 0.15) is 5.76 Å². The second-order valence-electron chi connectivity index (χ2n) is 8.32. The van der Waals surface area contributed by atoms with Crippen LogP contribution in [0.15, 0.2) is 17.9 Å². The van der Waals surface area contributed by atoms with E-state index in [4.69, 9.17) is 4.74 Å². The van der Waals surface area contributed by atoms with Gasteiger partial charge in [0.05, 0.1) is 11.7 Å². The predicted octanol–water partition coefficient (Wildman–Crippen LogP) is 5.60. The average molecular weight is 357 g/mol. The highest BCUT2D eigenvalue weighted by atomic mass is 16.5. The van der Waals surface area contributed by atoms with Crippen LogP contribution in [0.1, 0.15) is 74.1 Å². The minimum Gasteiger partial charge on any atom is -0.511 e. The first-order chi connectivity index (χ1) is 12.4. The van der Waals surface area contributed by atoms with Crippen LogP contribution in [0.4, 0.5) is 0 Å². The molecule has 26 heavy (non-hydrogen) atoms. The van der Waals surface area contributed by atoms with Crippen LogP contribution < -0.4 is 0 Å². The number of unbranched alkanes of at least 4 members (excludes halogenated alkanes) is 1. The SMILES string of the molecule is CCCCO[C@H]1CCC[C@@]2(CC(=O)C(c3c(C)cc(C)cc3C)=C2O)C1. The Bertz CT molecular complexity index is 708. The largest absolute Gasteiger partial charge is 0.511 e. The van der Waals surface area contributed by atoms with Gasteiger partial charge in [-0.3, -0.25) is 4.79 Å². The molecule has 2 aliphatic carbocycles. The maximum Gasteiger partial charge on any atom is 0.167 e. The Labute approximate surface area is 157 Å². The summed E-state index contributed by atoms with van der Waals surface area (Å²) in [5.41, 5.74) is 4.41. The molecule has 1 aromatic rings. The van der Waals surface area contributed by atoms with Crippen LogP contribution >= 0.6 is 0 Å². The molecule has 142 valence electrons. The van der Waals surface area contributed by atoms with Crippen LogP contribution in [-0.2, 0) is 9.53 Å². The highest BCUT2D eigenvalue weighted by Crippen LogP contribution is 2.53. The third-order valence-corrected chi connectivity index (χ3v) is 6.10. The fourth-order valence-electron chi connectivity index (χ4n) is 4.93. The zero-order valence-corrected chi connectivity index (χ0v) is 16.7. The van der Waals surface area contributed by atoms with Gasteiger partial charge in [-0.15, -0.1) is 0 Å². The molecule has 2 atom stereocenters. The summed E-state index contributed by atoms with van der Waals surface area (Å²) in [5.74, 6) is 0.410. The maximum absolute atomic E-state index is 13.0. The lowest BCUT2D eigenvalue weighted by atomic mass is 9.71. The van der Waals surface area contributed by atoms with Crippen molar-refractivity contribution in [1.82, 2.24) is 0 Å². The van der Waals surface area contributed by atoms with Crippen LogP contribution in [0, 0.1) is 26.2 Å². The van der Waals surface area contributed by atoms with E-state index in [1.807, 2.05) is 13.8 Å². The quantitative estimate of drug-likeness (QED) is 0.699. The second kappa shape index (κ2) is 7.56. The molecule has 2 aliphatic rings. The van der Waals surface area contributed by atoms with Crippen molar-refractivity contribution >= 4 is 11.4 Å². The van der Waals surface area contributed by atoms with E-state index in [2.05, 4.69) is 26.0 Å². The van der Waals surface area contributed by atoms with Crippen molar-refractivity contribution in [2.75, 3.05) is 6.61 Å². The van der Waals surface area contributed by atoms with Crippen LogP contribution in [0.2, 0.25) is 0 Å². The van der Waals surface area contributed by atoms with Gasteiger partial charge in [-0.2, -0.15) is 0 Å². The van der Waals surface area contributed by atoms with Crippen molar-refractivity contribution in [2.45, 2.75) is 78.7 Å². The molecule has 1 spiro atoms. The number of aliphatic hydroxyl groups excluding tert-OH is 1. The van der Waals surface area contributed by atoms with Gasteiger partial charge in [0.15, 0.2) is 5.78 Å². The molecule has 0 aliphatic heterocycles. The highest BCUT2D eigenvalue weighted by Gasteiger charge is 2.49. The van der Waals surface area contributed by atoms with E-state index in [1.54, 1.807) is 0 Å². The first kappa shape index (κ1) is 19.2. The van der Waals surface area contributed by atoms with Crippen LogP contribution in [0.5, 0.6) is 0 Å². The van der Waals surface area contributed by atoms with Crippen molar-refractivity contribution in [3.8, 4) is 0 Å². The van der Waals surface area contributed by atoms with E-state index in [9.17, 15) is 9.90 Å². The number of hydrogen-bond donors (Lipinski definition) is 1. The molecule has 3 heteroatoms. The minimum absolute atomic E-state index is 0.0896. The Balaban J connectivity index is 1.93. The molecule has 3 nitrogen and oxygen atoms in total. The zero-order valence-electron chi connectivity index (χ0n) is 16.7. The Morgan fingerprint density at radius 3 is 2.58 bits per heavy atom. The monoisotopic (exact) mass is 356 g/mol. The fourth-order valence-corrected chi connectivity index (χ4v) is 4.93. The number of aryl methyl sites for hydroxylation is 3. The number of hydrogen-bond acceptors (Lipinski definition) is 3. The Kier molecular flexibility index (Phi) is 5.57. The maximum atomic E-state index is 13.0. The summed E-state index contributed by atoms with van der Waals surface area (Å²) >= 11 is 0. The van der Waals surface area contributed by atoms with Gasteiger partial charge in [0, 0.05) is 18.4 Å². The summed E-state index contributed by atoms with van der Waals surface area (Å²) in [7, 11) is 0. The number of carbonyl (C=O) groups is 1. The Morgan fingerprint density at radius 2 is 1.92 bits per heavy atom. The van der Waals surface area contributed by atoms with E-state index >= 15 is 0 Å². The standard InChI is InChI=1S/C23H32O3/c1-5-6-10-26-18-8-7-9-23(13-18)14-19(24)21(22(23)25)20-16(3)11-15(2)12-17(20)4/h11-12,18,25H,5-10,13-14H2,1-4H3/t18-,23-/m0/s1. The van der Waals surface area contributed by atoms with Crippen molar-refractivity contribution < 1.29 is 14.6 Å². The number of aliphatic hydroxyl groups is 1. The fraction of sp³-hybridized carbons (Fsp3) is 0.609. The Hall–Kier alpha value is -1.61. The minimum atomic E-state index is -0.411. The summed E-state index contributed by atoms with van der Waals surface area (Å²) in [4.78, 5) is 13.0. The third-order valence-electron chi connectivity index (χ3n) is 6.10. The molecule has 3 rings (SSSR count). The molecular weight excluding hydrogens is 324 g/mol. The van der Waals surface area contributed by atoms with Crippen molar-refractivity contribution in [3.05, 3.63) is 40.1 Å². The van der Waals surface area contributed by atoms with Gasteiger partial charge in [-0.05, 0) is 69.6 Å². The number of ketones is 1. The third kappa shape index (κ3) is 3.46. The highest BCUT2D eigenvalue weighted by molar-refractivity contribution is 6.24. The van der Waals surface area contributed by atoms with Crippen molar-refractivity contribution in [2.24, 2.45) is 5.41 Å². The van der Waals surface area contributed by atoms with Gasteiger partial charge in [-0.1, -0.05) is 31.0 Å². The number of ether oxygens (including phenoxy) is 1. The van der Waals surface area contributed by atoms with Gasteiger partial charge >= 0.3 is 0 Å². The second-order valence-corrected chi connectivity index (χ2v) is 8.32. The molecule has 0 amide bonds. The van der Waals surface area contributed by atoms with E-state index in [0.717, 1.165) is 61.8 Å². The van der Waals surface area contributed by atoms with Crippen LogP contribution in [0.25, 0.3) is 5.57 Å². The lowest BCUT2D eigenvalue weighted by Gasteiger charge is -2.37. The summed E-state index contributed by atoms with van der Waals surface area (Å²) in [5, 5.41) is 11.2. The zero-order chi connectivity index (χ0) is 18.9. The van der Waals surface area contributed by atoms with E-state index in [1.165, 1.54) is 5.56 Å². The number of Topliss-reactive ketones (excluding diaryl/α,β-unsaturated/α-hetero) is 1. The van der Waals surface area contributed by atoms with Crippen molar-refractivity contribution in [3.63, 3.8) is 0 Å². The molecule has 0 bridgehead atoms. The Morgan fingerprint density at radius 1 is 1.23 bits per heavy atom. The number of carbonyl (C=O) groups excluding carboxylic acids is 1. The molecule has 0 aromatic heterocycles. The van der Waals surface area contributed by atoms with Crippen molar-refractivity contribution in [1.29, 1.82) is 0 Å². The number of rotatable bonds is 5. The summed E-state index contributed by atoms with van der Waals surface area (Å²) in [6.45, 7) is 9.07. The van der Waals surface area contributed by atoms with Gasteiger partial charge < -0.3 is 9.84 Å². The van der Waals surface area contributed by atoms with E-state index in [0.29, 0.717) is 17.8 Å².